The second-order valence-electron chi connectivity index (χ2n) is 2.20. The molecule has 0 unspecified atom stereocenters. The van der Waals surface area contributed by atoms with Crippen LogP contribution in [-0.2, 0) is 0 Å². The monoisotopic (exact) mass is 196 g/mol. The molecule has 6 nitrogen and oxygen atoms in total. The Kier molecular flexibility index (Phi) is 1.78. The maximum Gasteiger partial charge on any atom is 0.356 e. The molecule has 1 N–H and O–H groups in total. The molecule has 0 bridgehead atoms. The molecule has 13 heavy (non-hydrogen) atoms. The van der Waals surface area contributed by atoms with Crippen molar-refractivity contribution in [3.05, 3.63) is 24.5 Å². The Morgan fingerprint density at radius 1 is 1.54 bits per heavy atom. The molecule has 0 saturated carbocycles. The van der Waals surface area contributed by atoms with E-state index in [1.807, 2.05) is 0 Å². The summed E-state index contributed by atoms with van der Waals surface area (Å²) in [5.41, 5.74) is -0.00444. The first-order chi connectivity index (χ1) is 6.27. The lowest BCUT2D eigenvalue weighted by Gasteiger charge is -1.89. The third kappa shape index (κ3) is 1.41. The highest BCUT2D eigenvalue weighted by Crippen LogP contribution is 2.08. The Morgan fingerprint density at radius 3 is 2.92 bits per heavy atom. The van der Waals surface area contributed by atoms with E-state index >= 15 is 0 Å². The molecular formula is C6H4N4O2S. The number of carbonyl (C=O) groups is 1. The van der Waals surface area contributed by atoms with Crippen LogP contribution in [0.2, 0.25) is 0 Å². The molecule has 66 valence electrons. The molecule has 2 aromatic heterocycles. The van der Waals surface area contributed by atoms with Crippen LogP contribution in [0.15, 0.2) is 18.9 Å². The lowest BCUT2D eigenvalue weighted by Crippen LogP contribution is -1.95. The van der Waals surface area contributed by atoms with E-state index < -0.39 is 5.97 Å². The first kappa shape index (κ1) is 7.87. The number of hydrogen-bond donors (Lipinski definition) is 1. The van der Waals surface area contributed by atoms with Crippen molar-refractivity contribution in [3.63, 3.8) is 0 Å². The van der Waals surface area contributed by atoms with Gasteiger partial charge in [0.15, 0.2) is 5.69 Å². The number of aromatic carboxylic acids is 1. The van der Waals surface area contributed by atoms with E-state index in [0.29, 0.717) is 5.13 Å². The van der Waals surface area contributed by atoms with Crippen LogP contribution in [0, 0.1) is 0 Å². The largest absolute Gasteiger partial charge is 0.476 e. The average Bonchev–Trinajstić information content (AvgIpc) is 2.75. The van der Waals surface area contributed by atoms with Crippen molar-refractivity contribution in [2.75, 3.05) is 0 Å². The number of carboxylic acids is 1. The highest BCUT2D eigenvalue weighted by Gasteiger charge is 2.08. The summed E-state index contributed by atoms with van der Waals surface area (Å²) >= 11 is 1.17. The van der Waals surface area contributed by atoms with Crippen LogP contribution in [-0.4, -0.2) is 30.0 Å². The minimum atomic E-state index is -1.05. The molecule has 0 aliphatic heterocycles. The summed E-state index contributed by atoms with van der Waals surface area (Å²) in [4.78, 5) is 18.0. The Morgan fingerprint density at radius 2 is 2.38 bits per heavy atom. The molecule has 2 heterocycles. The quantitative estimate of drug-likeness (QED) is 0.752. The van der Waals surface area contributed by atoms with Gasteiger partial charge >= 0.3 is 5.97 Å². The van der Waals surface area contributed by atoms with Crippen LogP contribution in [0.3, 0.4) is 0 Å². The molecule has 0 saturated heterocycles. The summed E-state index contributed by atoms with van der Waals surface area (Å²) in [5, 5.41) is 9.18. The lowest BCUT2D eigenvalue weighted by molar-refractivity contribution is 0.0691. The maximum absolute atomic E-state index is 10.5. The normalized spacial score (nSPS) is 10.2. The van der Waals surface area contributed by atoms with Gasteiger partial charge in [0.1, 0.15) is 12.7 Å². The van der Waals surface area contributed by atoms with Crippen LogP contribution < -0.4 is 0 Å². The van der Waals surface area contributed by atoms with E-state index in [2.05, 4.69) is 14.3 Å². The van der Waals surface area contributed by atoms with E-state index in [0.717, 1.165) is 0 Å². The van der Waals surface area contributed by atoms with E-state index in [9.17, 15) is 4.79 Å². The second-order valence-corrected chi connectivity index (χ2v) is 2.95. The van der Waals surface area contributed by atoms with Crippen molar-refractivity contribution in [1.82, 2.24) is 18.9 Å². The Balaban J connectivity index is 2.39. The van der Waals surface area contributed by atoms with Crippen molar-refractivity contribution >= 4 is 17.5 Å². The minimum absolute atomic E-state index is 0.00444. The number of nitrogens with zero attached hydrogens (tertiary/aromatic N) is 4. The SMILES string of the molecule is O=C(O)c1cn(-c2ncns2)cn1. The van der Waals surface area contributed by atoms with Gasteiger partial charge in [-0.3, -0.25) is 4.57 Å². The van der Waals surface area contributed by atoms with Crippen LogP contribution in [0.4, 0.5) is 0 Å². The zero-order valence-corrected chi connectivity index (χ0v) is 7.10. The van der Waals surface area contributed by atoms with Crippen LogP contribution >= 0.6 is 11.5 Å². The number of aromatic nitrogens is 4. The summed E-state index contributed by atoms with van der Waals surface area (Å²) in [6.45, 7) is 0. The van der Waals surface area contributed by atoms with Gasteiger partial charge in [0.2, 0.25) is 5.13 Å². The van der Waals surface area contributed by atoms with Gasteiger partial charge in [-0.15, -0.1) is 0 Å². The Bertz CT molecular complexity index is 422. The van der Waals surface area contributed by atoms with Gasteiger partial charge in [0.05, 0.1) is 0 Å². The van der Waals surface area contributed by atoms with E-state index in [1.54, 1.807) is 0 Å². The number of carboxylic acid groups (broad SMARTS) is 1. The van der Waals surface area contributed by atoms with Gasteiger partial charge in [-0.25, -0.2) is 14.8 Å². The lowest BCUT2D eigenvalue weighted by atomic mass is 10.5. The van der Waals surface area contributed by atoms with Crippen molar-refractivity contribution in [3.8, 4) is 5.13 Å². The first-order valence-electron chi connectivity index (χ1n) is 3.31. The topological polar surface area (TPSA) is 80.9 Å². The highest BCUT2D eigenvalue weighted by atomic mass is 32.1. The third-order valence-electron chi connectivity index (χ3n) is 1.37. The molecule has 7 heteroatoms. The van der Waals surface area contributed by atoms with Gasteiger partial charge in [0.25, 0.3) is 0 Å². The van der Waals surface area contributed by atoms with E-state index in [4.69, 9.17) is 5.11 Å². The summed E-state index contributed by atoms with van der Waals surface area (Å²) in [6.07, 6.45) is 4.19. The fourth-order valence-electron chi connectivity index (χ4n) is 0.819. The zero-order chi connectivity index (χ0) is 9.26. The summed E-state index contributed by atoms with van der Waals surface area (Å²) < 4.78 is 5.30. The molecule has 0 aliphatic rings. The van der Waals surface area contributed by atoms with Gasteiger partial charge in [0, 0.05) is 17.7 Å². The molecule has 0 aromatic carbocycles. The van der Waals surface area contributed by atoms with Crippen molar-refractivity contribution in [2.24, 2.45) is 0 Å². The average molecular weight is 196 g/mol. The molecule has 0 atom stereocenters. The third-order valence-corrected chi connectivity index (χ3v) is 2.05. The maximum atomic E-state index is 10.5. The Hall–Kier alpha value is -1.76. The predicted molar refractivity (Wildman–Crippen MR) is 44.0 cm³/mol. The second kappa shape index (κ2) is 2.94. The Labute approximate surface area is 76.7 Å². The van der Waals surface area contributed by atoms with E-state index in [1.165, 1.54) is 35.0 Å². The first-order valence-corrected chi connectivity index (χ1v) is 4.09. The summed E-state index contributed by atoms with van der Waals surface area (Å²) in [5.74, 6) is -1.05. The van der Waals surface area contributed by atoms with Gasteiger partial charge in [-0.1, -0.05) is 0 Å². The van der Waals surface area contributed by atoms with Gasteiger partial charge in [-0.2, -0.15) is 4.37 Å². The predicted octanol–water partition coefficient (Wildman–Crippen LogP) is 0.422. The summed E-state index contributed by atoms with van der Waals surface area (Å²) in [7, 11) is 0. The molecular weight excluding hydrogens is 192 g/mol. The molecule has 2 aromatic rings. The molecule has 0 amide bonds. The summed E-state index contributed by atoms with van der Waals surface area (Å²) in [6, 6.07) is 0. The molecule has 0 radical (unpaired) electrons. The van der Waals surface area contributed by atoms with Crippen molar-refractivity contribution < 1.29 is 9.90 Å². The van der Waals surface area contributed by atoms with Crippen molar-refractivity contribution in [1.29, 1.82) is 0 Å². The zero-order valence-electron chi connectivity index (χ0n) is 6.28. The van der Waals surface area contributed by atoms with Gasteiger partial charge in [-0.05, 0) is 0 Å². The molecule has 0 spiro atoms. The van der Waals surface area contributed by atoms with Crippen molar-refractivity contribution in [2.45, 2.75) is 0 Å². The number of rotatable bonds is 2. The fourth-order valence-corrected chi connectivity index (χ4v) is 1.30. The number of hydrogen-bond acceptors (Lipinski definition) is 5. The smallest absolute Gasteiger partial charge is 0.356 e. The van der Waals surface area contributed by atoms with Gasteiger partial charge < -0.3 is 5.11 Å². The fraction of sp³-hybridized carbons (Fsp3) is 0. The molecule has 2 rings (SSSR count). The highest BCUT2D eigenvalue weighted by molar-refractivity contribution is 7.07. The molecule has 0 aliphatic carbocycles. The van der Waals surface area contributed by atoms with E-state index in [-0.39, 0.29) is 5.69 Å². The standard InChI is InChI=1S/C6H4N4O2S/c11-5(12)4-1-10(3-8-4)6-7-2-9-13-6/h1-3H,(H,11,12). The van der Waals surface area contributed by atoms with Crippen LogP contribution in [0.25, 0.3) is 5.13 Å². The minimum Gasteiger partial charge on any atom is -0.476 e. The number of imidazole rings is 1. The van der Waals surface area contributed by atoms with Crippen LogP contribution in [0.5, 0.6) is 0 Å². The molecule has 0 fully saturated rings. The van der Waals surface area contributed by atoms with Crippen LogP contribution in [0.1, 0.15) is 10.5 Å².